The molecule has 0 fully saturated rings. The van der Waals surface area contributed by atoms with Crippen LogP contribution in [0.3, 0.4) is 0 Å². The predicted octanol–water partition coefficient (Wildman–Crippen LogP) is 2.44. The number of hydrogen-bond donors (Lipinski definition) is 1. The van der Waals surface area contributed by atoms with Crippen LogP contribution in [0.1, 0.15) is 37.0 Å². The van der Waals surface area contributed by atoms with Crippen molar-refractivity contribution < 1.29 is 14.3 Å². The van der Waals surface area contributed by atoms with Crippen LogP contribution in [0.15, 0.2) is 12.1 Å². The van der Waals surface area contributed by atoms with Crippen LogP contribution in [0.4, 0.5) is 0 Å². The SMILES string of the molecule is CCOC(=O)C(N)(CC)c1cc(C)cc(C)c1OC. The lowest BCUT2D eigenvalue weighted by Gasteiger charge is -2.29. The van der Waals surface area contributed by atoms with Crippen LogP contribution in [0.2, 0.25) is 0 Å². The van der Waals surface area contributed by atoms with E-state index < -0.39 is 11.5 Å². The molecule has 0 bridgehead atoms. The van der Waals surface area contributed by atoms with E-state index in [-0.39, 0.29) is 0 Å². The molecule has 0 radical (unpaired) electrons. The first-order valence-electron chi connectivity index (χ1n) is 6.52. The first-order valence-corrected chi connectivity index (χ1v) is 6.52. The fraction of sp³-hybridized carbons (Fsp3) is 0.533. The van der Waals surface area contributed by atoms with E-state index in [1.165, 1.54) is 0 Å². The quantitative estimate of drug-likeness (QED) is 0.831. The number of carbonyl (C=O) groups excluding carboxylic acids is 1. The first-order chi connectivity index (χ1) is 8.90. The lowest BCUT2D eigenvalue weighted by atomic mass is 9.85. The second-order valence-electron chi connectivity index (χ2n) is 4.71. The standard InChI is InChI=1S/C15H23NO3/c1-6-15(16,14(17)19-7-2)12-9-10(3)8-11(4)13(12)18-5/h8-9H,6-7,16H2,1-5H3. The Kier molecular flexibility index (Phi) is 4.95. The van der Waals surface area contributed by atoms with Gasteiger partial charge in [0.05, 0.1) is 13.7 Å². The number of aryl methyl sites for hydroxylation is 2. The third kappa shape index (κ3) is 2.89. The zero-order valence-electron chi connectivity index (χ0n) is 12.4. The van der Waals surface area contributed by atoms with Gasteiger partial charge in [0.1, 0.15) is 11.3 Å². The maximum atomic E-state index is 12.2. The lowest BCUT2D eigenvalue weighted by molar-refractivity contribution is -0.150. The molecule has 2 N–H and O–H groups in total. The van der Waals surface area contributed by atoms with Crippen LogP contribution < -0.4 is 10.5 Å². The molecule has 0 aliphatic rings. The second-order valence-corrected chi connectivity index (χ2v) is 4.71. The molecular formula is C15H23NO3. The summed E-state index contributed by atoms with van der Waals surface area (Å²) in [4.78, 5) is 12.2. The maximum Gasteiger partial charge on any atom is 0.330 e. The van der Waals surface area contributed by atoms with Gasteiger partial charge < -0.3 is 15.2 Å². The van der Waals surface area contributed by atoms with Crippen molar-refractivity contribution in [3.63, 3.8) is 0 Å². The summed E-state index contributed by atoms with van der Waals surface area (Å²) in [5.74, 6) is 0.240. The minimum Gasteiger partial charge on any atom is -0.496 e. The van der Waals surface area contributed by atoms with E-state index in [0.29, 0.717) is 24.3 Å². The fourth-order valence-corrected chi connectivity index (χ4v) is 2.26. The summed E-state index contributed by atoms with van der Waals surface area (Å²) in [6, 6.07) is 3.90. The Bertz CT molecular complexity index is 471. The topological polar surface area (TPSA) is 61.5 Å². The Morgan fingerprint density at radius 3 is 2.42 bits per heavy atom. The number of carbonyl (C=O) groups is 1. The summed E-state index contributed by atoms with van der Waals surface area (Å²) < 4.78 is 10.5. The molecule has 0 aliphatic carbocycles. The van der Waals surface area contributed by atoms with Crippen molar-refractivity contribution in [1.29, 1.82) is 0 Å². The number of benzene rings is 1. The van der Waals surface area contributed by atoms with Gasteiger partial charge in [0, 0.05) is 5.56 Å². The Balaban J connectivity index is 3.43. The molecule has 0 aromatic heterocycles. The average Bonchev–Trinajstić information content (AvgIpc) is 2.37. The van der Waals surface area contributed by atoms with Crippen LogP contribution in [-0.4, -0.2) is 19.7 Å². The average molecular weight is 265 g/mol. The summed E-state index contributed by atoms with van der Waals surface area (Å²) in [6.07, 6.45) is 0.449. The van der Waals surface area contributed by atoms with Gasteiger partial charge in [0.25, 0.3) is 0 Å². The van der Waals surface area contributed by atoms with Crippen molar-refractivity contribution >= 4 is 5.97 Å². The molecule has 1 unspecified atom stereocenters. The molecule has 0 saturated heterocycles. The third-order valence-corrected chi connectivity index (χ3v) is 3.30. The van der Waals surface area contributed by atoms with Gasteiger partial charge in [0.2, 0.25) is 0 Å². The molecule has 0 spiro atoms. The summed E-state index contributed by atoms with van der Waals surface area (Å²) in [7, 11) is 1.59. The molecule has 0 heterocycles. The minimum atomic E-state index is -1.17. The maximum absolute atomic E-state index is 12.2. The molecule has 4 heteroatoms. The van der Waals surface area contributed by atoms with Crippen LogP contribution in [-0.2, 0) is 15.1 Å². The summed E-state index contributed by atoms with van der Waals surface area (Å²) in [5.41, 5.74) is 7.83. The van der Waals surface area contributed by atoms with E-state index in [9.17, 15) is 4.79 Å². The molecule has 1 aromatic carbocycles. The van der Waals surface area contributed by atoms with Crippen molar-refractivity contribution in [2.45, 2.75) is 39.7 Å². The van der Waals surface area contributed by atoms with Crippen LogP contribution >= 0.6 is 0 Å². The molecule has 19 heavy (non-hydrogen) atoms. The third-order valence-electron chi connectivity index (χ3n) is 3.30. The Hall–Kier alpha value is -1.55. The van der Waals surface area contributed by atoms with Crippen molar-refractivity contribution in [3.05, 3.63) is 28.8 Å². The number of esters is 1. The molecular weight excluding hydrogens is 242 g/mol. The first kappa shape index (κ1) is 15.5. The fourth-order valence-electron chi connectivity index (χ4n) is 2.26. The minimum absolute atomic E-state index is 0.310. The van der Waals surface area contributed by atoms with Gasteiger partial charge in [-0.15, -0.1) is 0 Å². The predicted molar refractivity (Wildman–Crippen MR) is 75.3 cm³/mol. The lowest BCUT2D eigenvalue weighted by Crippen LogP contribution is -2.46. The number of nitrogens with two attached hydrogens (primary N) is 1. The van der Waals surface area contributed by atoms with Crippen molar-refractivity contribution in [3.8, 4) is 5.75 Å². The Morgan fingerprint density at radius 2 is 1.95 bits per heavy atom. The summed E-state index contributed by atoms with van der Waals surface area (Å²) in [5, 5.41) is 0. The van der Waals surface area contributed by atoms with E-state index in [2.05, 4.69) is 0 Å². The van der Waals surface area contributed by atoms with Crippen LogP contribution in [0, 0.1) is 13.8 Å². The monoisotopic (exact) mass is 265 g/mol. The Labute approximate surface area is 114 Å². The van der Waals surface area contributed by atoms with Gasteiger partial charge in [-0.25, -0.2) is 4.79 Å². The van der Waals surface area contributed by atoms with Crippen LogP contribution in [0.25, 0.3) is 0 Å². The van der Waals surface area contributed by atoms with E-state index in [4.69, 9.17) is 15.2 Å². The van der Waals surface area contributed by atoms with E-state index in [1.54, 1.807) is 14.0 Å². The highest BCUT2D eigenvalue weighted by Gasteiger charge is 2.38. The highest BCUT2D eigenvalue weighted by molar-refractivity contribution is 5.83. The zero-order chi connectivity index (χ0) is 14.6. The van der Waals surface area contributed by atoms with Gasteiger partial charge in [-0.05, 0) is 38.8 Å². The van der Waals surface area contributed by atoms with E-state index in [0.717, 1.165) is 11.1 Å². The molecule has 0 aliphatic heterocycles. The number of hydrogen-bond acceptors (Lipinski definition) is 4. The van der Waals surface area contributed by atoms with Gasteiger partial charge in [-0.1, -0.05) is 18.6 Å². The van der Waals surface area contributed by atoms with Gasteiger partial charge in [0.15, 0.2) is 0 Å². The van der Waals surface area contributed by atoms with E-state index in [1.807, 2.05) is 32.9 Å². The van der Waals surface area contributed by atoms with Gasteiger partial charge >= 0.3 is 5.97 Å². The second kappa shape index (κ2) is 6.06. The Morgan fingerprint density at radius 1 is 1.32 bits per heavy atom. The molecule has 106 valence electrons. The highest BCUT2D eigenvalue weighted by atomic mass is 16.5. The molecule has 0 amide bonds. The number of rotatable bonds is 5. The summed E-state index contributed by atoms with van der Waals surface area (Å²) >= 11 is 0. The number of ether oxygens (including phenoxy) is 2. The summed E-state index contributed by atoms with van der Waals surface area (Å²) in [6.45, 7) is 7.86. The molecule has 0 saturated carbocycles. The smallest absolute Gasteiger partial charge is 0.330 e. The molecule has 1 atom stereocenters. The molecule has 1 aromatic rings. The molecule has 1 rings (SSSR count). The molecule has 4 nitrogen and oxygen atoms in total. The van der Waals surface area contributed by atoms with Crippen molar-refractivity contribution in [2.24, 2.45) is 5.73 Å². The largest absolute Gasteiger partial charge is 0.496 e. The number of methoxy groups -OCH3 is 1. The van der Waals surface area contributed by atoms with Crippen LogP contribution in [0.5, 0.6) is 5.75 Å². The van der Waals surface area contributed by atoms with E-state index >= 15 is 0 Å². The van der Waals surface area contributed by atoms with Crippen molar-refractivity contribution in [2.75, 3.05) is 13.7 Å². The zero-order valence-corrected chi connectivity index (χ0v) is 12.4. The normalized spacial score (nSPS) is 13.8. The highest BCUT2D eigenvalue weighted by Crippen LogP contribution is 2.35. The van der Waals surface area contributed by atoms with Crippen molar-refractivity contribution in [1.82, 2.24) is 0 Å². The van der Waals surface area contributed by atoms with Gasteiger partial charge in [-0.2, -0.15) is 0 Å². The van der Waals surface area contributed by atoms with Gasteiger partial charge in [-0.3, -0.25) is 0 Å².